The molecular weight excluding hydrogens is 312 g/mol. The Kier molecular flexibility index (Phi) is 8.16. The van der Waals surface area contributed by atoms with Crippen LogP contribution in [-0.4, -0.2) is 43.6 Å². The summed E-state index contributed by atoms with van der Waals surface area (Å²) in [6.07, 6.45) is -0.0921. The van der Waals surface area contributed by atoms with Crippen molar-refractivity contribution in [1.82, 2.24) is 10.2 Å². The van der Waals surface area contributed by atoms with Crippen LogP contribution in [0.1, 0.15) is 31.1 Å². The highest BCUT2D eigenvalue weighted by atomic mass is 16.5. The Morgan fingerprint density at radius 3 is 2.04 bits per heavy atom. The standard InChI is InChI=1S/C21H28N2O2/c1-3-22-20(24)17-23(4-2)15-16-25-21(18-11-7-5-8-12-18)19-13-9-6-10-14-19/h5-14,21H,3-4,15-17H2,1-2H3,(H,22,24). The number of rotatable bonds is 10. The minimum Gasteiger partial charge on any atom is -0.367 e. The molecule has 2 aromatic rings. The maximum absolute atomic E-state index is 11.8. The Hall–Kier alpha value is -2.17. The number of nitrogens with zero attached hydrogens (tertiary/aromatic N) is 1. The van der Waals surface area contributed by atoms with Gasteiger partial charge in [0.1, 0.15) is 6.10 Å². The molecule has 4 heteroatoms. The molecule has 0 bridgehead atoms. The monoisotopic (exact) mass is 340 g/mol. The fraction of sp³-hybridized carbons (Fsp3) is 0.381. The molecule has 1 amide bonds. The molecule has 0 aliphatic rings. The first-order chi connectivity index (χ1) is 12.2. The Morgan fingerprint density at radius 1 is 1.00 bits per heavy atom. The maximum Gasteiger partial charge on any atom is 0.234 e. The molecule has 4 nitrogen and oxygen atoms in total. The molecule has 2 aromatic carbocycles. The summed E-state index contributed by atoms with van der Waals surface area (Å²) < 4.78 is 6.21. The molecule has 1 N–H and O–H groups in total. The molecule has 134 valence electrons. The van der Waals surface area contributed by atoms with Gasteiger partial charge in [-0.2, -0.15) is 0 Å². The summed E-state index contributed by atoms with van der Waals surface area (Å²) in [5, 5.41) is 2.84. The van der Waals surface area contributed by atoms with E-state index in [2.05, 4.69) is 41.4 Å². The van der Waals surface area contributed by atoms with Crippen molar-refractivity contribution in [2.75, 3.05) is 32.8 Å². The molecule has 0 aliphatic carbocycles. The average Bonchev–Trinajstić information content (AvgIpc) is 2.66. The lowest BCUT2D eigenvalue weighted by atomic mass is 10.0. The van der Waals surface area contributed by atoms with Crippen LogP contribution >= 0.6 is 0 Å². The Morgan fingerprint density at radius 2 is 1.56 bits per heavy atom. The van der Waals surface area contributed by atoms with Crippen LogP contribution in [0.3, 0.4) is 0 Å². The van der Waals surface area contributed by atoms with E-state index < -0.39 is 0 Å². The summed E-state index contributed by atoms with van der Waals surface area (Å²) in [5.74, 6) is 0.0621. The molecule has 0 fully saturated rings. The highest BCUT2D eigenvalue weighted by Crippen LogP contribution is 2.25. The summed E-state index contributed by atoms with van der Waals surface area (Å²) in [4.78, 5) is 13.9. The van der Waals surface area contributed by atoms with Gasteiger partial charge in [0.05, 0.1) is 13.2 Å². The van der Waals surface area contributed by atoms with Gasteiger partial charge >= 0.3 is 0 Å². The van der Waals surface area contributed by atoms with E-state index in [1.54, 1.807) is 0 Å². The van der Waals surface area contributed by atoms with Crippen molar-refractivity contribution >= 4 is 5.91 Å². The highest BCUT2D eigenvalue weighted by molar-refractivity contribution is 5.77. The van der Waals surface area contributed by atoms with Crippen molar-refractivity contribution in [2.45, 2.75) is 20.0 Å². The van der Waals surface area contributed by atoms with Gasteiger partial charge < -0.3 is 10.1 Å². The van der Waals surface area contributed by atoms with Gasteiger partial charge in [0.2, 0.25) is 5.91 Å². The highest BCUT2D eigenvalue weighted by Gasteiger charge is 2.15. The quantitative estimate of drug-likeness (QED) is 0.722. The zero-order chi connectivity index (χ0) is 17.9. The summed E-state index contributed by atoms with van der Waals surface area (Å²) >= 11 is 0. The molecule has 0 heterocycles. The van der Waals surface area contributed by atoms with E-state index in [1.165, 1.54) is 0 Å². The van der Waals surface area contributed by atoms with Crippen LogP contribution in [0.4, 0.5) is 0 Å². The summed E-state index contributed by atoms with van der Waals surface area (Å²) in [7, 11) is 0. The number of benzene rings is 2. The molecule has 2 rings (SSSR count). The number of hydrogen-bond acceptors (Lipinski definition) is 3. The van der Waals surface area contributed by atoms with Gasteiger partial charge in [-0.05, 0) is 24.6 Å². The van der Waals surface area contributed by atoms with E-state index in [0.717, 1.165) is 24.2 Å². The largest absolute Gasteiger partial charge is 0.367 e. The summed E-state index contributed by atoms with van der Waals surface area (Å²) in [5.41, 5.74) is 2.28. The molecule has 0 spiro atoms. The normalized spacial score (nSPS) is 11.0. The maximum atomic E-state index is 11.8. The minimum absolute atomic E-state index is 0.0621. The van der Waals surface area contributed by atoms with Crippen LogP contribution in [0.15, 0.2) is 60.7 Å². The van der Waals surface area contributed by atoms with Crippen molar-refractivity contribution in [3.8, 4) is 0 Å². The van der Waals surface area contributed by atoms with Crippen LogP contribution in [-0.2, 0) is 9.53 Å². The molecular formula is C21H28N2O2. The second-order valence-corrected chi connectivity index (χ2v) is 5.89. The first kappa shape index (κ1) is 19.2. The SMILES string of the molecule is CCNC(=O)CN(CC)CCOC(c1ccccc1)c1ccccc1. The van der Waals surface area contributed by atoms with E-state index in [-0.39, 0.29) is 12.0 Å². The van der Waals surface area contributed by atoms with Crippen LogP contribution in [0.5, 0.6) is 0 Å². The Bertz CT molecular complexity index is 577. The van der Waals surface area contributed by atoms with Crippen molar-refractivity contribution in [3.63, 3.8) is 0 Å². The smallest absolute Gasteiger partial charge is 0.234 e. The van der Waals surface area contributed by atoms with Gasteiger partial charge in [-0.25, -0.2) is 0 Å². The van der Waals surface area contributed by atoms with Gasteiger partial charge in [0.25, 0.3) is 0 Å². The van der Waals surface area contributed by atoms with Crippen molar-refractivity contribution in [2.24, 2.45) is 0 Å². The van der Waals surface area contributed by atoms with E-state index in [9.17, 15) is 4.79 Å². The summed E-state index contributed by atoms with van der Waals surface area (Å²) in [6, 6.07) is 20.5. The zero-order valence-corrected chi connectivity index (χ0v) is 15.2. The predicted octanol–water partition coefficient (Wildman–Crippen LogP) is 3.25. The fourth-order valence-electron chi connectivity index (χ4n) is 2.75. The van der Waals surface area contributed by atoms with Gasteiger partial charge in [-0.3, -0.25) is 9.69 Å². The van der Waals surface area contributed by atoms with E-state index in [1.807, 2.05) is 43.3 Å². The lowest BCUT2D eigenvalue weighted by Crippen LogP contribution is -2.38. The lowest BCUT2D eigenvalue weighted by molar-refractivity contribution is -0.122. The number of ether oxygens (including phenoxy) is 1. The fourth-order valence-corrected chi connectivity index (χ4v) is 2.75. The molecule has 0 aromatic heterocycles. The molecule has 0 atom stereocenters. The van der Waals surface area contributed by atoms with Crippen molar-refractivity contribution < 1.29 is 9.53 Å². The third-order valence-electron chi connectivity index (χ3n) is 4.09. The molecule has 0 saturated carbocycles. The molecule has 0 aliphatic heterocycles. The van der Waals surface area contributed by atoms with E-state index in [0.29, 0.717) is 19.7 Å². The lowest BCUT2D eigenvalue weighted by Gasteiger charge is -2.23. The number of carbonyl (C=O) groups is 1. The van der Waals surface area contributed by atoms with Crippen molar-refractivity contribution in [3.05, 3.63) is 71.8 Å². The van der Waals surface area contributed by atoms with Crippen LogP contribution in [0.2, 0.25) is 0 Å². The van der Waals surface area contributed by atoms with Gasteiger partial charge in [0.15, 0.2) is 0 Å². The second-order valence-electron chi connectivity index (χ2n) is 5.89. The van der Waals surface area contributed by atoms with Crippen LogP contribution in [0, 0.1) is 0 Å². The molecule has 0 unspecified atom stereocenters. The first-order valence-electron chi connectivity index (χ1n) is 8.95. The third kappa shape index (κ3) is 6.33. The Labute approximate surface area is 150 Å². The first-order valence-corrected chi connectivity index (χ1v) is 8.95. The van der Waals surface area contributed by atoms with Crippen molar-refractivity contribution in [1.29, 1.82) is 0 Å². The summed E-state index contributed by atoms with van der Waals surface area (Å²) in [6.45, 7) is 7.19. The zero-order valence-electron chi connectivity index (χ0n) is 15.2. The third-order valence-corrected chi connectivity index (χ3v) is 4.09. The number of hydrogen-bond donors (Lipinski definition) is 1. The van der Waals surface area contributed by atoms with Crippen LogP contribution < -0.4 is 5.32 Å². The van der Waals surface area contributed by atoms with Gasteiger partial charge in [-0.15, -0.1) is 0 Å². The van der Waals surface area contributed by atoms with Gasteiger partial charge in [-0.1, -0.05) is 67.6 Å². The predicted molar refractivity (Wildman–Crippen MR) is 101 cm³/mol. The van der Waals surface area contributed by atoms with E-state index >= 15 is 0 Å². The molecule has 0 radical (unpaired) electrons. The topological polar surface area (TPSA) is 41.6 Å². The average molecular weight is 340 g/mol. The van der Waals surface area contributed by atoms with E-state index in [4.69, 9.17) is 4.74 Å². The minimum atomic E-state index is -0.0921. The number of nitrogens with one attached hydrogen (secondary N) is 1. The number of likely N-dealkylation sites (N-methyl/N-ethyl adjacent to an activating group) is 2. The van der Waals surface area contributed by atoms with Gasteiger partial charge in [0, 0.05) is 13.1 Å². The van der Waals surface area contributed by atoms with Crippen LogP contribution in [0.25, 0.3) is 0 Å². The number of amides is 1. The molecule has 25 heavy (non-hydrogen) atoms. The second kappa shape index (κ2) is 10.6. The Balaban J connectivity index is 1.97. The number of carbonyl (C=O) groups excluding carboxylic acids is 1. The molecule has 0 saturated heterocycles.